The van der Waals surface area contributed by atoms with Gasteiger partial charge in [-0.3, -0.25) is 9.48 Å². The Labute approximate surface area is 104 Å². The first-order valence-corrected chi connectivity index (χ1v) is 5.40. The van der Waals surface area contributed by atoms with Gasteiger partial charge in [-0.25, -0.2) is 4.79 Å². The minimum absolute atomic E-state index is 0.0153. The van der Waals surface area contributed by atoms with Crippen LogP contribution in [0.1, 0.15) is 20.8 Å². The maximum Gasteiger partial charge on any atom is 0.356 e. The number of carbonyl (C=O) groups is 2. The van der Waals surface area contributed by atoms with E-state index in [2.05, 4.69) is 9.84 Å². The predicted molar refractivity (Wildman–Crippen MR) is 64.3 cm³/mol. The molecule has 92 valence electrons. The molecule has 0 atom stereocenters. The van der Waals surface area contributed by atoms with Gasteiger partial charge in [0.2, 0.25) is 0 Å². The Morgan fingerprint density at radius 3 is 2.61 bits per heavy atom. The standard InChI is InChI=1S/C13H12N2O3/c1-18-13(17)11-7-8-14-15(11)9-12(16)10-5-3-2-4-6-10/h2-8H,9H2,1H3. The number of nitrogens with zero attached hydrogens (tertiary/aromatic N) is 2. The number of ether oxygens (including phenoxy) is 1. The summed E-state index contributed by atoms with van der Waals surface area (Å²) in [6.45, 7) is 0.0153. The first-order valence-electron chi connectivity index (χ1n) is 5.40. The number of esters is 1. The average Bonchev–Trinajstić information content (AvgIpc) is 2.87. The molecule has 0 bridgehead atoms. The molecule has 1 aromatic carbocycles. The third kappa shape index (κ3) is 2.45. The zero-order valence-electron chi connectivity index (χ0n) is 9.87. The van der Waals surface area contributed by atoms with Crippen LogP contribution < -0.4 is 0 Å². The van der Waals surface area contributed by atoms with Crippen LogP contribution in [0.5, 0.6) is 0 Å². The minimum Gasteiger partial charge on any atom is -0.464 e. The van der Waals surface area contributed by atoms with Crippen LogP contribution in [0, 0.1) is 0 Å². The zero-order chi connectivity index (χ0) is 13.0. The van der Waals surface area contributed by atoms with Crippen LogP contribution in [0.25, 0.3) is 0 Å². The van der Waals surface area contributed by atoms with E-state index in [-0.39, 0.29) is 18.0 Å². The first kappa shape index (κ1) is 12.0. The molecule has 0 fully saturated rings. The van der Waals surface area contributed by atoms with Crippen molar-refractivity contribution in [3.05, 3.63) is 53.9 Å². The number of rotatable bonds is 4. The van der Waals surface area contributed by atoms with Gasteiger partial charge >= 0.3 is 5.97 Å². The lowest BCUT2D eigenvalue weighted by Gasteiger charge is -2.05. The molecule has 0 radical (unpaired) electrons. The van der Waals surface area contributed by atoms with Crippen LogP contribution in [-0.2, 0) is 11.3 Å². The van der Waals surface area contributed by atoms with E-state index in [1.807, 2.05) is 6.07 Å². The smallest absolute Gasteiger partial charge is 0.356 e. The fourth-order valence-corrected chi connectivity index (χ4v) is 1.59. The molecular weight excluding hydrogens is 232 g/mol. The maximum atomic E-state index is 12.0. The number of benzene rings is 1. The highest BCUT2D eigenvalue weighted by Crippen LogP contribution is 2.05. The van der Waals surface area contributed by atoms with Crippen LogP contribution in [-0.4, -0.2) is 28.6 Å². The summed E-state index contributed by atoms with van der Waals surface area (Å²) < 4.78 is 5.95. The molecule has 2 aromatic rings. The van der Waals surface area contributed by atoms with E-state index in [1.54, 1.807) is 24.3 Å². The molecule has 0 saturated carbocycles. The Hall–Kier alpha value is -2.43. The fourth-order valence-electron chi connectivity index (χ4n) is 1.59. The van der Waals surface area contributed by atoms with E-state index < -0.39 is 5.97 Å². The van der Waals surface area contributed by atoms with E-state index in [0.717, 1.165) is 0 Å². The third-order valence-corrected chi connectivity index (χ3v) is 2.50. The summed E-state index contributed by atoms with van der Waals surface area (Å²) in [5, 5.41) is 3.95. The van der Waals surface area contributed by atoms with Crippen molar-refractivity contribution in [2.75, 3.05) is 7.11 Å². The normalized spacial score (nSPS) is 10.1. The molecule has 0 aliphatic carbocycles. The molecule has 0 spiro atoms. The number of carbonyl (C=O) groups excluding carboxylic acids is 2. The quantitative estimate of drug-likeness (QED) is 0.604. The summed E-state index contributed by atoms with van der Waals surface area (Å²) in [4.78, 5) is 23.4. The van der Waals surface area contributed by atoms with Gasteiger partial charge < -0.3 is 4.74 Å². The summed E-state index contributed by atoms with van der Waals surface area (Å²) >= 11 is 0. The molecule has 0 amide bonds. The predicted octanol–water partition coefficient (Wildman–Crippen LogP) is 1.55. The van der Waals surface area contributed by atoms with E-state index in [0.29, 0.717) is 5.56 Å². The molecule has 0 saturated heterocycles. The van der Waals surface area contributed by atoms with E-state index in [1.165, 1.54) is 24.1 Å². The number of Topliss-reactive ketones (excluding diaryl/α,β-unsaturated/α-hetero) is 1. The van der Waals surface area contributed by atoms with E-state index in [9.17, 15) is 9.59 Å². The van der Waals surface area contributed by atoms with Crippen molar-refractivity contribution < 1.29 is 14.3 Å². The van der Waals surface area contributed by atoms with Gasteiger partial charge in [0.05, 0.1) is 7.11 Å². The van der Waals surface area contributed by atoms with Crippen molar-refractivity contribution in [3.8, 4) is 0 Å². The first-order chi connectivity index (χ1) is 8.72. The van der Waals surface area contributed by atoms with Crippen molar-refractivity contribution >= 4 is 11.8 Å². The summed E-state index contributed by atoms with van der Waals surface area (Å²) in [5.74, 6) is -0.613. The molecule has 0 aliphatic heterocycles. The second-order valence-electron chi connectivity index (χ2n) is 3.65. The van der Waals surface area contributed by atoms with Gasteiger partial charge in [-0.05, 0) is 6.07 Å². The zero-order valence-corrected chi connectivity index (χ0v) is 9.87. The Morgan fingerprint density at radius 1 is 1.22 bits per heavy atom. The number of methoxy groups -OCH3 is 1. The van der Waals surface area contributed by atoms with Crippen LogP contribution >= 0.6 is 0 Å². The van der Waals surface area contributed by atoms with Crippen LogP contribution in [0.15, 0.2) is 42.6 Å². The Balaban J connectivity index is 2.18. The fraction of sp³-hybridized carbons (Fsp3) is 0.154. The topological polar surface area (TPSA) is 61.2 Å². The van der Waals surface area contributed by atoms with Crippen molar-refractivity contribution in [2.45, 2.75) is 6.54 Å². The molecule has 0 unspecified atom stereocenters. The lowest BCUT2D eigenvalue weighted by atomic mass is 10.1. The lowest BCUT2D eigenvalue weighted by molar-refractivity contribution is 0.0586. The van der Waals surface area contributed by atoms with Crippen molar-refractivity contribution in [3.63, 3.8) is 0 Å². The largest absolute Gasteiger partial charge is 0.464 e. The second kappa shape index (κ2) is 5.27. The van der Waals surface area contributed by atoms with Crippen LogP contribution in [0.4, 0.5) is 0 Å². The molecule has 18 heavy (non-hydrogen) atoms. The Kier molecular flexibility index (Phi) is 3.52. The van der Waals surface area contributed by atoms with Crippen LogP contribution in [0.3, 0.4) is 0 Å². The average molecular weight is 244 g/mol. The van der Waals surface area contributed by atoms with Gasteiger partial charge in [-0.15, -0.1) is 0 Å². The highest BCUT2D eigenvalue weighted by Gasteiger charge is 2.15. The lowest BCUT2D eigenvalue weighted by Crippen LogP contribution is -2.17. The summed E-state index contributed by atoms with van der Waals surface area (Å²) in [6, 6.07) is 10.4. The number of hydrogen-bond acceptors (Lipinski definition) is 4. The highest BCUT2D eigenvalue weighted by atomic mass is 16.5. The molecule has 2 rings (SSSR count). The SMILES string of the molecule is COC(=O)c1ccnn1CC(=O)c1ccccc1. The number of ketones is 1. The number of aromatic nitrogens is 2. The van der Waals surface area contributed by atoms with Gasteiger partial charge in [0.1, 0.15) is 12.2 Å². The summed E-state index contributed by atoms with van der Waals surface area (Å²) in [7, 11) is 1.29. The van der Waals surface area contributed by atoms with Gasteiger partial charge in [0, 0.05) is 11.8 Å². The third-order valence-electron chi connectivity index (χ3n) is 2.50. The second-order valence-corrected chi connectivity index (χ2v) is 3.65. The molecule has 1 heterocycles. The van der Waals surface area contributed by atoms with Crippen molar-refractivity contribution in [1.82, 2.24) is 9.78 Å². The highest BCUT2D eigenvalue weighted by molar-refractivity contribution is 5.96. The molecular formula is C13H12N2O3. The summed E-state index contributed by atoms with van der Waals surface area (Å²) in [6.07, 6.45) is 1.46. The van der Waals surface area contributed by atoms with Gasteiger partial charge in [0.15, 0.2) is 5.78 Å². The van der Waals surface area contributed by atoms with Crippen LogP contribution in [0.2, 0.25) is 0 Å². The Morgan fingerprint density at radius 2 is 1.94 bits per heavy atom. The van der Waals surface area contributed by atoms with E-state index in [4.69, 9.17) is 0 Å². The molecule has 0 aliphatic rings. The monoisotopic (exact) mass is 244 g/mol. The molecule has 5 heteroatoms. The van der Waals surface area contributed by atoms with Gasteiger partial charge in [0.25, 0.3) is 0 Å². The van der Waals surface area contributed by atoms with E-state index >= 15 is 0 Å². The molecule has 0 N–H and O–H groups in total. The Bertz CT molecular complexity index is 561. The number of hydrogen-bond donors (Lipinski definition) is 0. The van der Waals surface area contributed by atoms with Gasteiger partial charge in [-0.2, -0.15) is 5.10 Å². The molecule has 5 nitrogen and oxygen atoms in total. The minimum atomic E-state index is -0.506. The summed E-state index contributed by atoms with van der Waals surface area (Å²) in [5.41, 5.74) is 0.852. The van der Waals surface area contributed by atoms with Gasteiger partial charge in [-0.1, -0.05) is 30.3 Å². The molecule has 1 aromatic heterocycles. The maximum absolute atomic E-state index is 12.0. The van der Waals surface area contributed by atoms with Crippen molar-refractivity contribution in [2.24, 2.45) is 0 Å². The van der Waals surface area contributed by atoms with Crippen molar-refractivity contribution in [1.29, 1.82) is 0 Å².